The molecule has 0 bridgehead atoms. The van der Waals surface area contributed by atoms with Crippen molar-refractivity contribution in [3.63, 3.8) is 0 Å². The molecular weight excluding hydrogens is 498 g/mol. The molecule has 5 rings (SSSR count). The smallest absolute Gasteiger partial charge is 0.339 e. The Morgan fingerprint density at radius 1 is 1.08 bits per heavy atom. The molecule has 0 saturated carbocycles. The van der Waals surface area contributed by atoms with Crippen molar-refractivity contribution in [2.45, 2.75) is 19.8 Å². The van der Waals surface area contributed by atoms with Crippen LogP contribution in [0.3, 0.4) is 0 Å². The number of amides is 1. The molecule has 1 heterocycles. The fourth-order valence-corrected chi connectivity index (χ4v) is 4.77. The summed E-state index contributed by atoms with van der Waals surface area (Å²) in [6.07, 6.45) is 3.44. The van der Waals surface area contributed by atoms with E-state index >= 15 is 0 Å². The van der Waals surface area contributed by atoms with Crippen molar-refractivity contribution in [1.82, 2.24) is 4.98 Å². The lowest BCUT2D eigenvalue weighted by Crippen LogP contribution is -2.22. The highest BCUT2D eigenvalue weighted by molar-refractivity contribution is 6.08. The fourth-order valence-electron chi connectivity index (χ4n) is 4.77. The second-order valence-electron chi connectivity index (χ2n) is 9.13. The first-order valence-corrected chi connectivity index (χ1v) is 12.3. The van der Waals surface area contributed by atoms with Gasteiger partial charge in [0.1, 0.15) is 0 Å². The molecule has 1 N–H and O–H groups in total. The highest BCUT2D eigenvalue weighted by atomic mass is 16.6. The highest BCUT2D eigenvalue weighted by Gasteiger charge is 2.28. The van der Waals surface area contributed by atoms with Gasteiger partial charge >= 0.3 is 11.7 Å². The summed E-state index contributed by atoms with van der Waals surface area (Å²) in [5, 5.41) is 14.5. The zero-order valence-corrected chi connectivity index (χ0v) is 21.4. The van der Waals surface area contributed by atoms with Gasteiger partial charge in [-0.05, 0) is 54.2 Å². The monoisotopic (exact) mass is 523 g/mol. The van der Waals surface area contributed by atoms with Gasteiger partial charge in [-0.3, -0.25) is 14.9 Å². The predicted octanol–water partition coefficient (Wildman–Crippen LogP) is 5.74. The molecule has 4 aromatic rings. The van der Waals surface area contributed by atoms with E-state index in [1.807, 2.05) is 54.6 Å². The SMILES string of the molecule is COc1cc(NC(=O)COC(=O)c2c3c(nc4ccccc24)C(=Cc2ccccc2)CC3)c(C)cc1[N+](=O)[O-]. The second-order valence-corrected chi connectivity index (χ2v) is 9.13. The lowest BCUT2D eigenvalue weighted by molar-refractivity contribution is -0.385. The summed E-state index contributed by atoms with van der Waals surface area (Å²) in [7, 11) is 1.31. The summed E-state index contributed by atoms with van der Waals surface area (Å²) >= 11 is 0. The van der Waals surface area contributed by atoms with Crippen LogP contribution in [0.2, 0.25) is 0 Å². The quantitative estimate of drug-likeness (QED) is 0.186. The van der Waals surface area contributed by atoms with Crippen LogP contribution < -0.4 is 10.1 Å². The standard InChI is InChI=1S/C30H25N3O6/c1-18-14-25(33(36)37)26(38-2)16-24(18)31-27(34)17-39-30(35)28-21-10-6-7-11-23(21)32-29-20(12-13-22(28)29)15-19-8-4-3-5-9-19/h3-11,14-16H,12-13,17H2,1-2H3,(H,31,34). The number of ether oxygens (including phenoxy) is 2. The Bertz CT molecular complexity index is 1650. The molecule has 9 heteroatoms. The number of benzene rings is 3. The van der Waals surface area contributed by atoms with Gasteiger partial charge in [0.15, 0.2) is 12.4 Å². The Morgan fingerprint density at radius 2 is 1.82 bits per heavy atom. The number of nitrogens with zero attached hydrogens (tertiary/aromatic N) is 2. The first-order chi connectivity index (χ1) is 18.9. The molecular formula is C30H25N3O6. The summed E-state index contributed by atoms with van der Waals surface area (Å²) in [5.74, 6) is -1.18. The van der Waals surface area contributed by atoms with Crippen molar-refractivity contribution in [2.24, 2.45) is 0 Å². The normalized spacial score (nSPS) is 13.2. The van der Waals surface area contributed by atoms with Crippen LogP contribution in [0.4, 0.5) is 11.4 Å². The Balaban J connectivity index is 1.39. The number of allylic oxidation sites excluding steroid dienone is 1. The summed E-state index contributed by atoms with van der Waals surface area (Å²) in [4.78, 5) is 41.6. The maximum atomic E-state index is 13.4. The van der Waals surface area contributed by atoms with E-state index in [0.29, 0.717) is 34.1 Å². The average Bonchev–Trinajstić information content (AvgIpc) is 3.33. The number of pyridine rings is 1. The van der Waals surface area contributed by atoms with Crippen molar-refractivity contribution >= 4 is 45.8 Å². The number of fused-ring (bicyclic) bond motifs is 2. The van der Waals surface area contributed by atoms with E-state index < -0.39 is 23.4 Å². The Morgan fingerprint density at radius 3 is 2.56 bits per heavy atom. The van der Waals surface area contributed by atoms with Crippen molar-refractivity contribution in [3.05, 3.63) is 105 Å². The number of methoxy groups -OCH3 is 1. The number of aryl methyl sites for hydroxylation is 1. The average molecular weight is 524 g/mol. The molecule has 0 fully saturated rings. The molecule has 3 aromatic carbocycles. The summed E-state index contributed by atoms with van der Waals surface area (Å²) < 4.78 is 10.6. The van der Waals surface area contributed by atoms with Gasteiger partial charge < -0.3 is 14.8 Å². The first-order valence-electron chi connectivity index (χ1n) is 12.3. The molecule has 0 saturated heterocycles. The highest BCUT2D eigenvalue weighted by Crippen LogP contribution is 2.38. The van der Waals surface area contributed by atoms with Gasteiger partial charge in [0.25, 0.3) is 5.91 Å². The Kier molecular flexibility index (Phi) is 7.05. The Hall–Kier alpha value is -5.05. The Labute approximate surface area is 224 Å². The van der Waals surface area contributed by atoms with Crippen LogP contribution in [0.15, 0.2) is 66.7 Å². The van der Waals surface area contributed by atoms with E-state index in [0.717, 1.165) is 28.8 Å². The zero-order chi connectivity index (χ0) is 27.5. The zero-order valence-electron chi connectivity index (χ0n) is 21.4. The molecule has 1 aliphatic carbocycles. The number of anilines is 1. The number of nitro benzene ring substituents is 1. The van der Waals surface area contributed by atoms with Gasteiger partial charge in [-0.1, -0.05) is 48.5 Å². The number of hydrogen-bond donors (Lipinski definition) is 1. The number of para-hydroxylation sites is 1. The second kappa shape index (κ2) is 10.7. The van der Waals surface area contributed by atoms with Crippen LogP contribution in [0, 0.1) is 17.0 Å². The molecule has 0 radical (unpaired) electrons. The lowest BCUT2D eigenvalue weighted by atomic mass is 10.0. The van der Waals surface area contributed by atoms with Gasteiger partial charge in [-0.2, -0.15) is 0 Å². The third-order valence-electron chi connectivity index (χ3n) is 6.62. The molecule has 0 spiro atoms. The minimum absolute atomic E-state index is 0.0103. The van der Waals surface area contributed by atoms with Crippen molar-refractivity contribution in [3.8, 4) is 5.75 Å². The van der Waals surface area contributed by atoms with Crippen molar-refractivity contribution in [1.29, 1.82) is 0 Å². The van der Waals surface area contributed by atoms with E-state index in [2.05, 4.69) is 11.4 Å². The number of hydrogen-bond acceptors (Lipinski definition) is 7. The number of nitro groups is 1. The molecule has 0 atom stereocenters. The molecule has 1 aliphatic rings. The number of carbonyl (C=O) groups is 2. The molecule has 9 nitrogen and oxygen atoms in total. The van der Waals surface area contributed by atoms with Crippen LogP contribution in [0.1, 0.15) is 39.2 Å². The van der Waals surface area contributed by atoms with Gasteiger partial charge in [0, 0.05) is 23.2 Å². The fraction of sp³-hybridized carbons (Fsp3) is 0.167. The molecule has 0 aliphatic heterocycles. The molecule has 1 aromatic heterocycles. The van der Waals surface area contributed by atoms with E-state index in [1.54, 1.807) is 6.92 Å². The van der Waals surface area contributed by atoms with E-state index in [9.17, 15) is 19.7 Å². The number of aromatic nitrogens is 1. The minimum atomic E-state index is -0.612. The number of nitrogens with one attached hydrogen (secondary N) is 1. The third-order valence-corrected chi connectivity index (χ3v) is 6.62. The topological polar surface area (TPSA) is 121 Å². The maximum absolute atomic E-state index is 13.4. The van der Waals surface area contributed by atoms with E-state index in [-0.39, 0.29) is 11.4 Å². The number of rotatable bonds is 7. The lowest BCUT2D eigenvalue weighted by Gasteiger charge is -2.13. The van der Waals surface area contributed by atoms with Crippen LogP contribution in [0.5, 0.6) is 5.75 Å². The molecule has 1 amide bonds. The molecule has 0 unspecified atom stereocenters. The first kappa shape index (κ1) is 25.6. The van der Waals surface area contributed by atoms with Gasteiger partial charge in [0.05, 0.1) is 28.8 Å². The summed E-state index contributed by atoms with van der Waals surface area (Å²) in [6, 6.07) is 20.0. The maximum Gasteiger partial charge on any atom is 0.339 e. The molecule has 39 heavy (non-hydrogen) atoms. The predicted molar refractivity (Wildman–Crippen MR) is 148 cm³/mol. The number of esters is 1. The van der Waals surface area contributed by atoms with Crippen LogP contribution in [0.25, 0.3) is 22.6 Å². The van der Waals surface area contributed by atoms with E-state index in [4.69, 9.17) is 14.5 Å². The third kappa shape index (κ3) is 5.19. The molecule has 196 valence electrons. The number of carbonyl (C=O) groups excluding carboxylic acids is 2. The van der Waals surface area contributed by atoms with Crippen LogP contribution in [-0.2, 0) is 16.0 Å². The minimum Gasteiger partial charge on any atom is -0.490 e. The van der Waals surface area contributed by atoms with Gasteiger partial charge in [-0.25, -0.2) is 9.78 Å². The van der Waals surface area contributed by atoms with Gasteiger partial charge in [-0.15, -0.1) is 0 Å². The largest absolute Gasteiger partial charge is 0.490 e. The van der Waals surface area contributed by atoms with Crippen LogP contribution >= 0.6 is 0 Å². The van der Waals surface area contributed by atoms with Gasteiger partial charge in [0.2, 0.25) is 0 Å². The van der Waals surface area contributed by atoms with E-state index in [1.165, 1.54) is 19.2 Å². The van der Waals surface area contributed by atoms with Crippen molar-refractivity contribution in [2.75, 3.05) is 19.0 Å². The van der Waals surface area contributed by atoms with Crippen LogP contribution in [-0.4, -0.2) is 35.5 Å². The summed E-state index contributed by atoms with van der Waals surface area (Å²) in [5.41, 5.74) is 5.32. The summed E-state index contributed by atoms with van der Waals surface area (Å²) in [6.45, 7) is 1.09. The van der Waals surface area contributed by atoms with Crippen molar-refractivity contribution < 1.29 is 24.0 Å².